The Hall–Kier alpha value is -1.67. The molecule has 0 aliphatic carbocycles. The number of phosphoric acid groups is 1. The second kappa shape index (κ2) is 34.0. The van der Waals surface area contributed by atoms with Crippen LogP contribution in [0.2, 0.25) is 0 Å². The lowest BCUT2D eigenvalue weighted by molar-refractivity contribution is -0.161. The molecule has 3 unspecified atom stereocenters. The largest absolute Gasteiger partial charge is 0.472 e. The van der Waals surface area contributed by atoms with E-state index in [1.54, 1.807) is 12.3 Å². The molecule has 0 aromatic rings. The van der Waals surface area contributed by atoms with Crippen LogP contribution in [0.3, 0.4) is 0 Å². The summed E-state index contributed by atoms with van der Waals surface area (Å²) in [6.07, 6.45) is 32.5. The van der Waals surface area contributed by atoms with E-state index < -0.39 is 56.3 Å². The first-order valence-corrected chi connectivity index (χ1v) is 25.4. The summed E-state index contributed by atoms with van der Waals surface area (Å²) in [5.74, 6) is -0.468. The van der Waals surface area contributed by atoms with Gasteiger partial charge in [-0.05, 0) is 18.9 Å². The number of thioether (sulfide) groups is 1. The lowest BCUT2D eigenvalue weighted by Crippen LogP contribution is -2.53. The molecule has 2 aliphatic rings. The number of phosphoric ester groups is 1. The maximum atomic E-state index is 12.8. The highest BCUT2D eigenvalue weighted by Gasteiger charge is 2.36. The number of hydrogen-bond acceptors (Lipinski definition) is 11. The SMILES string of the molecule is CCCCCCCCCCCCCCCC(=O)OCC(COP(=O)(O)OC[C@@H]1O[C@H](N2C=CC(N)NC2=O)CS1)OC(=O)CCCCCCCCCCCCCCC. The fourth-order valence-electron chi connectivity index (χ4n) is 6.98. The van der Waals surface area contributed by atoms with Gasteiger partial charge >= 0.3 is 25.8 Å². The third-order valence-corrected chi connectivity index (χ3v) is 12.6. The average molecular weight is 862 g/mol. The van der Waals surface area contributed by atoms with E-state index >= 15 is 0 Å². The summed E-state index contributed by atoms with van der Waals surface area (Å²) in [6.45, 7) is 3.41. The second-order valence-corrected chi connectivity index (χ2v) is 18.6. The summed E-state index contributed by atoms with van der Waals surface area (Å²) < 4.78 is 40.1. The van der Waals surface area contributed by atoms with Crippen LogP contribution in [-0.2, 0) is 37.4 Å². The minimum absolute atomic E-state index is 0.196. The molecule has 15 heteroatoms. The van der Waals surface area contributed by atoms with Crippen LogP contribution in [0.4, 0.5) is 4.79 Å². The van der Waals surface area contributed by atoms with Crippen LogP contribution in [-0.4, -0.2) is 77.3 Å². The highest BCUT2D eigenvalue weighted by molar-refractivity contribution is 8.00. The fraction of sp³-hybridized carbons (Fsp3) is 0.884. The normalized spacial score (nSPS) is 19.6. The van der Waals surface area contributed by atoms with E-state index in [0.717, 1.165) is 38.5 Å². The summed E-state index contributed by atoms with van der Waals surface area (Å²) in [4.78, 5) is 49.4. The molecule has 2 heterocycles. The molecule has 0 aromatic carbocycles. The predicted molar refractivity (Wildman–Crippen MR) is 232 cm³/mol. The number of ether oxygens (including phenoxy) is 3. The van der Waals surface area contributed by atoms with Crippen molar-refractivity contribution >= 4 is 37.6 Å². The zero-order valence-electron chi connectivity index (χ0n) is 36.1. The van der Waals surface area contributed by atoms with Crippen LogP contribution < -0.4 is 11.1 Å². The molecule has 0 aromatic heterocycles. The molecule has 58 heavy (non-hydrogen) atoms. The molecule has 1 saturated heterocycles. The summed E-state index contributed by atoms with van der Waals surface area (Å²) in [5, 5.41) is 2.58. The van der Waals surface area contributed by atoms with Gasteiger partial charge in [0.25, 0.3) is 0 Å². The standard InChI is InChI=1S/C43H80N3O10PS/c1-3-5-7-9-11-13-15-17-19-21-23-25-27-29-40(47)52-33-37(55-41(48)30-28-26-24-22-20-18-16-14-12-10-8-6-4-2)34-53-57(50,51)54-35-42-56-39(36-58-42)46-32-31-38(44)45-43(46)49/h31-32,37-39,42H,3-30,33-36,44H2,1-2H3,(H,45,49)(H,50,51)/t37?,38?,39-,42+/m0/s1. The second-order valence-electron chi connectivity index (χ2n) is 15.9. The molecule has 13 nitrogen and oxygen atoms in total. The van der Waals surface area contributed by atoms with Crippen molar-refractivity contribution in [1.29, 1.82) is 0 Å². The van der Waals surface area contributed by atoms with Crippen LogP contribution >= 0.6 is 19.6 Å². The van der Waals surface area contributed by atoms with Gasteiger partial charge in [-0.2, -0.15) is 0 Å². The molecule has 0 spiro atoms. The highest BCUT2D eigenvalue weighted by atomic mass is 32.2. The molecular formula is C43H80N3O10PS. The molecule has 0 saturated carbocycles. The van der Waals surface area contributed by atoms with E-state index in [1.165, 1.54) is 132 Å². The molecule has 2 rings (SSSR count). The van der Waals surface area contributed by atoms with Crippen LogP contribution in [0.1, 0.15) is 194 Å². The quantitative estimate of drug-likeness (QED) is 0.0305. The number of nitrogens with zero attached hydrogens (tertiary/aromatic N) is 1. The van der Waals surface area contributed by atoms with Crippen molar-refractivity contribution in [3.63, 3.8) is 0 Å². The monoisotopic (exact) mass is 862 g/mol. The van der Waals surface area contributed by atoms with Gasteiger partial charge < -0.3 is 30.2 Å². The van der Waals surface area contributed by atoms with E-state index in [2.05, 4.69) is 19.2 Å². The predicted octanol–water partition coefficient (Wildman–Crippen LogP) is 10.8. The van der Waals surface area contributed by atoms with Crippen molar-refractivity contribution in [2.75, 3.05) is 25.6 Å². The number of hydrogen-bond donors (Lipinski definition) is 3. The molecule has 338 valence electrons. The summed E-state index contributed by atoms with van der Waals surface area (Å²) in [5.41, 5.74) is 5.07. The van der Waals surface area contributed by atoms with Crippen LogP contribution in [0.5, 0.6) is 0 Å². The molecule has 2 amide bonds. The van der Waals surface area contributed by atoms with E-state index in [4.69, 9.17) is 29.0 Å². The number of nitrogens with one attached hydrogen (secondary N) is 1. The van der Waals surface area contributed by atoms with Crippen molar-refractivity contribution < 1.29 is 47.1 Å². The number of amides is 2. The summed E-state index contributed by atoms with van der Waals surface area (Å²) in [7, 11) is -4.61. The third kappa shape index (κ3) is 27.2. The van der Waals surface area contributed by atoms with Crippen molar-refractivity contribution in [1.82, 2.24) is 10.2 Å². The maximum Gasteiger partial charge on any atom is 0.472 e. The molecule has 4 N–H and O–H groups in total. The first-order valence-electron chi connectivity index (χ1n) is 22.9. The van der Waals surface area contributed by atoms with Gasteiger partial charge in [0.1, 0.15) is 18.3 Å². The first kappa shape index (κ1) is 52.5. The number of esters is 2. The van der Waals surface area contributed by atoms with Crippen LogP contribution in [0.15, 0.2) is 12.3 Å². The summed E-state index contributed by atoms with van der Waals surface area (Å²) >= 11 is 1.32. The smallest absolute Gasteiger partial charge is 0.462 e. The molecular weight excluding hydrogens is 782 g/mol. The molecule has 0 radical (unpaired) electrons. The van der Waals surface area contributed by atoms with Crippen molar-refractivity contribution in [3.8, 4) is 0 Å². The molecule has 2 aliphatic heterocycles. The first-order chi connectivity index (χ1) is 28.1. The van der Waals surface area contributed by atoms with E-state index in [-0.39, 0.29) is 26.1 Å². The number of rotatable bonds is 38. The zero-order chi connectivity index (χ0) is 42.1. The van der Waals surface area contributed by atoms with Gasteiger partial charge in [-0.25, -0.2) is 9.36 Å². The number of nitrogens with two attached hydrogens (primary N) is 1. The Morgan fingerprint density at radius 3 is 1.72 bits per heavy atom. The Kier molecular flexibility index (Phi) is 30.7. The number of carbonyl (C=O) groups is 3. The Labute approximate surface area is 355 Å². The van der Waals surface area contributed by atoms with Crippen molar-refractivity contribution in [2.24, 2.45) is 5.73 Å². The average Bonchev–Trinajstić information content (AvgIpc) is 3.67. The van der Waals surface area contributed by atoms with Gasteiger partial charge in [-0.15, -0.1) is 11.8 Å². The lowest BCUT2D eigenvalue weighted by atomic mass is 10.0. The van der Waals surface area contributed by atoms with Crippen molar-refractivity contribution in [3.05, 3.63) is 12.3 Å². The van der Waals surface area contributed by atoms with E-state index in [0.29, 0.717) is 18.6 Å². The van der Waals surface area contributed by atoms with E-state index in [9.17, 15) is 23.8 Å². The maximum absolute atomic E-state index is 12.8. The zero-order valence-corrected chi connectivity index (χ0v) is 37.8. The van der Waals surface area contributed by atoms with Gasteiger partial charge in [0, 0.05) is 24.8 Å². The molecule has 0 bridgehead atoms. The Morgan fingerprint density at radius 2 is 1.24 bits per heavy atom. The Balaban J connectivity index is 1.70. The van der Waals surface area contributed by atoms with Gasteiger partial charge in [0.05, 0.1) is 19.4 Å². The third-order valence-electron chi connectivity index (χ3n) is 10.5. The Morgan fingerprint density at radius 1 is 0.776 bits per heavy atom. The number of urea groups is 1. The van der Waals surface area contributed by atoms with Gasteiger partial charge in [-0.3, -0.25) is 23.5 Å². The highest BCUT2D eigenvalue weighted by Crippen LogP contribution is 2.45. The Bertz CT molecular complexity index is 1170. The molecule has 5 atom stereocenters. The lowest BCUT2D eigenvalue weighted by Gasteiger charge is -2.29. The fourth-order valence-corrected chi connectivity index (χ4v) is 8.83. The van der Waals surface area contributed by atoms with Crippen LogP contribution in [0, 0.1) is 0 Å². The summed E-state index contributed by atoms with van der Waals surface area (Å²) in [6, 6.07) is -0.405. The molecule has 1 fully saturated rings. The van der Waals surface area contributed by atoms with Gasteiger partial charge in [0.2, 0.25) is 0 Å². The van der Waals surface area contributed by atoms with E-state index in [1.807, 2.05) is 0 Å². The van der Waals surface area contributed by atoms with Crippen molar-refractivity contribution in [2.45, 2.75) is 218 Å². The minimum Gasteiger partial charge on any atom is -0.462 e. The van der Waals surface area contributed by atoms with Gasteiger partial charge in [-0.1, -0.05) is 168 Å². The minimum atomic E-state index is -4.61. The number of unbranched alkanes of at least 4 members (excludes halogenated alkanes) is 24. The van der Waals surface area contributed by atoms with Crippen LogP contribution in [0.25, 0.3) is 0 Å². The topological polar surface area (TPSA) is 176 Å². The van der Waals surface area contributed by atoms with Gasteiger partial charge in [0.15, 0.2) is 6.10 Å². The number of carbonyl (C=O) groups excluding carboxylic acids is 3.